The molecule has 2 saturated heterocycles. The molecule has 1 aromatic rings. The zero-order valence-corrected chi connectivity index (χ0v) is 16.2. The molecule has 2 aliphatic heterocycles. The van der Waals surface area contributed by atoms with Crippen LogP contribution in [0, 0.1) is 5.92 Å². The number of Topliss-reactive ketones (excluding diaryl/α,β-unsaturated/α-hetero) is 1. The average Bonchev–Trinajstić information content (AvgIpc) is 2.91. The number of esters is 2. The number of hydrogen-bond donors (Lipinski definition) is 0. The summed E-state index contributed by atoms with van der Waals surface area (Å²) in [6.45, 7) is 0. The third-order valence-electron chi connectivity index (χ3n) is 5.66. The van der Waals surface area contributed by atoms with Crippen molar-refractivity contribution in [1.82, 2.24) is 4.42 Å². The first kappa shape index (κ1) is 20.5. The van der Waals surface area contributed by atoms with Crippen molar-refractivity contribution in [2.24, 2.45) is 5.92 Å². The third kappa shape index (κ3) is 3.44. The van der Waals surface area contributed by atoms with Gasteiger partial charge in [0.15, 0.2) is 11.9 Å². The van der Waals surface area contributed by atoms with Crippen molar-refractivity contribution < 1.29 is 28.7 Å². The topological polar surface area (TPSA) is 90.0 Å². The van der Waals surface area contributed by atoms with Crippen LogP contribution in [-0.2, 0) is 23.9 Å². The Bertz CT molecular complexity index is 769. The molecule has 2 fully saturated rings. The quantitative estimate of drug-likeness (QED) is 0.506. The van der Waals surface area contributed by atoms with Crippen molar-refractivity contribution in [2.45, 2.75) is 49.8 Å². The predicted molar refractivity (Wildman–Crippen MR) is 99.1 cm³/mol. The number of benzene rings is 1. The Kier molecular flexibility index (Phi) is 6.15. The number of ether oxygens (including phenoxy) is 2. The normalized spacial score (nSPS) is 27.6. The van der Waals surface area contributed by atoms with Crippen LogP contribution < -0.4 is 0 Å². The first-order valence-corrected chi connectivity index (χ1v) is 9.47. The summed E-state index contributed by atoms with van der Waals surface area (Å²) in [6, 6.07) is 8.10. The summed E-state index contributed by atoms with van der Waals surface area (Å²) < 4.78 is 11.6. The van der Waals surface area contributed by atoms with Gasteiger partial charge in [0.05, 0.1) is 25.0 Å². The SMILES string of the molecule is COC(=O)[C@@H]1CCC2CCC1(C(=O)C(C[C]=O)OC(=O)c1ccccc1)N2Cl. The summed E-state index contributed by atoms with van der Waals surface area (Å²) in [7, 11) is 1.26. The standard InChI is InChI=1S/C20H21ClNO6/c1-27-19(26)15-8-7-14-9-11-20(15,22(14)21)17(24)16(10-12-23)28-18(25)13-5-3-2-4-6-13/h2-6,14-16H,7-11H2,1H3/t14?,15-,16?,20?/m0/s1. The summed E-state index contributed by atoms with van der Waals surface area (Å²) in [5.74, 6) is -2.62. The zero-order valence-electron chi connectivity index (χ0n) is 15.4. The highest BCUT2D eigenvalue weighted by molar-refractivity contribution is 6.17. The maximum Gasteiger partial charge on any atom is 0.338 e. The second-order valence-electron chi connectivity index (χ2n) is 7.05. The third-order valence-corrected chi connectivity index (χ3v) is 6.24. The predicted octanol–water partition coefficient (Wildman–Crippen LogP) is 2.22. The number of halogens is 1. The Labute approximate surface area is 168 Å². The van der Waals surface area contributed by atoms with E-state index in [-0.39, 0.29) is 11.6 Å². The summed E-state index contributed by atoms with van der Waals surface area (Å²) in [6.07, 6.45) is 1.90. The van der Waals surface area contributed by atoms with Crippen molar-refractivity contribution in [3.63, 3.8) is 0 Å². The Balaban J connectivity index is 1.91. The lowest BCUT2D eigenvalue weighted by Gasteiger charge is -2.44. The van der Waals surface area contributed by atoms with Gasteiger partial charge in [0.2, 0.25) is 6.29 Å². The highest BCUT2D eigenvalue weighted by atomic mass is 35.5. The average molecular weight is 407 g/mol. The van der Waals surface area contributed by atoms with Gasteiger partial charge < -0.3 is 9.47 Å². The molecule has 2 aliphatic rings. The largest absolute Gasteiger partial charge is 0.469 e. The van der Waals surface area contributed by atoms with Crippen molar-refractivity contribution >= 4 is 35.8 Å². The second-order valence-corrected chi connectivity index (χ2v) is 7.42. The van der Waals surface area contributed by atoms with Gasteiger partial charge in [-0.15, -0.1) is 0 Å². The van der Waals surface area contributed by atoms with E-state index in [1.165, 1.54) is 11.5 Å². The minimum atomic E-state index is -1.38. The van der Waals surface area contributed by atoms with Gasteiger partial charge in [0.25, 0.3) is 0 Å². The Morgan fingerprint density at radius 2 is 1.96 bits per heavy atom. The molecule has 2 bridgehead atoms. The van der Waals surface area contributed by atoms with Gasteiger partial charge >= 0.3 is 11.9 Å². The number of nitrogens with zero attached hydrogens (tertiary/aromatic N) is 1. The molecule has 0 N–H and O–H groups in total. The molecular formula is C20H21ClNO6. The van der Waals surface area contributed by atoms with Crippen LogP contribution in [0.3, 0.4) is 0 Å². The van der Waals surface area contributed by atoms with E-state index in [9.17, 15) is 19.2 Å². The second kappa shape index (κ2) is 8.41. The van der Waals surface area contributed by atoms with Gasteiger partial charge in [-0.1, -0.05) is 18.2 Å². The number of carbonyl (C=O) groups excluding carboxylic acids is 4. The van der Waals surface area contributed by atoms with Crippen LogP contribution >= 0.6 is 11.8 Å². The highest BCUT2D eigenvalue weighted by Gasteiger charge is 2.62. The Morgan fingerprint density at radius 3 is 2.61 bits per heavy atom. The molecule has 3 rings (SSSR count). The van der Waals surface area contributed by atoms with Crippen LogP contribution in [0.25, 0.3) is 0 Å². The number of methoxy groups -OCH3 is 1. The van der Waals surface area contributed by atoms with Gasteiger partial charge in [0.1, 0.15) is 5.54 Å². The van der Waals surface area contributed by atoms with Gasteiger partial charge in [-0.05, 0) is 49.6 Å². The molecular weight excluding hydrogens is 386 g/mol. The summed E-state index contributed by atoms with van der Waals surface area (Å²) >= 11 is 6.49. The summed E-state index contributed by atoms with van der Waals surface area (Å²) in [4.78, 5) is 49.4. The fourth-order valence-corrected chi connectivity index (χ4v) is 4.76. The summed E-state index contributed by atoms with van der Waals surface area (Å²) in [5.41, 5.74) is -1.11. The fourth-order valence-electron chi connectivity index (χ4n) is 4.28. The van der Waals surface area contributed by atoms with Crippen LogP contribution in [0.4, 0.5) is 0 Å². The van der Waals surface area contributed by atoms with Gasteiger partial charge in [-0.2, -0.15) is 0 Å². The van der Waals surface area contributed by atoms with Crippen LogP contribution in [0.15, 0.2) is 30.3 Å². The fraction of sp³-hybridized carbons (Fsp3) is 0.500. The molecule has 1 aromatic carbocycles. The lowest BCUT2D eigenvalue weighted by Crippen LogP contribution is -2.62. The van der Waals surface area contributed by atoms with Crippen molar-refractivity contribution in [2.75, 3.05) is 7.11 Å². The minimum Gasteiger partial charge on any atom is -0.469 e. The number of piperidine rings is 1. The van der Waals surface area contributed by atoms with Gasteiger partial charge in [-0.3, -0.25) is 14.4 Å². The molecule has 0 spiro atoms. The maximum atomic E-state index is 13.5. The number of ketones is 1. The Morgan fingerprint density at radius 1 is 1.25 bits per heavy atom. The first-order chi connectivity index (χ1) is 13.5. The van der Waals surface area contributed by atoms with E-state index in [1.807, 2.05) is 0 Å². The number of rotatable bonds is 7. The molecule has 1 radical (unpaired) electrons. The molecule has 7 nitrogen and oxygen atoms in total. The molecule has 8 heteroatoms. The lowest BCUT2D eigenvalue weighted by atomic mass is 9.74. The number of fused-ring (bicyclic) bond motifs is 2. The Hall–Kier alpha value is -2.25. The number of carbonyl (C=O) groups is 3. The molecule has 2 heterocycles. The molecule has 149 valence electrons. The van der Waals surface area contributed by atoms with E-state index in [0.717, 1.165) is 0 Å². The lowest BCUT2D eigenvalue weighted by molar-refractivity contribution is -0.159. The molecule has 0 saturated carbocycles. The van der Waals surface area contributed by atoms with E-state index in [0.29, 0.717) is 25.7 Å². The van der Waals surface area contributed by atoms with Crippen LogP contribution in [0.5, 0.6) is 0 Å². The van der Waals surface area contributed by atoms with Crippen LogP contribution in [0.2, 0.25) is 0 Å². The molecule has 3 unspecified atom stereocenters. The summed E-state index contributed by atoms with van der Waals surface area (Å²) in [5, 5.41) is 0. The van der Waals surface area contributed by atoms with E-state index in [2.05, 4.69) is 0 Å². The minimum absolute atomic E-state index is 0.0581. The highest BCUT2D eigenvalue weighted by Crippen LogP contribution is 2.50. The zero-order chi connectivity index (χ0) is 20.3. The smallest absolute Gasteiger partial charge is 0.338 e. The van der Waals surface area contributed by atoms with Gasteiger partial charge in [0, 0.05) is 6.04 Å². The molecule has 28 heavy (non-hydrogen) atoms. The molecule has 0 aromatic heterocycles. The molecule has 0 aliphatic carbocycles. The van der Waals surface area contributed by atoms with E-state index in [4.69, 9.17) is 21.3 Å². The monoisotopic (exact) mass is 406 g/mol. The van der Waals surface area contributed by atoms with E-state index in [1.54, 1.807) is 36.6 Å². The maximum absolute atomic E-state index is 13.5. The molecule has 4 atom stereocenters. The first-order valence-electron chi connectivity index (χ1n) is 9.14. The van der Waals surface area contributed by atoms with Crippen LogP contribution in [0.1, 0.15) is 42.5 Å². The van der Waals surface area contributed by atoms with Crippen molar-refractivity contribution in [3.05, 3.63) is 35.9 Å². The van der Waals surface area contributed by atoms with E-state index < -0.39 is 41.7 Å². The van der Waals surface area contributed by atoms with Crippen molar-refractivity contribution in [1.29, 1.82) is 0 Å². The molecule has 0 amide bonds. The van der Waals surface area contributed by atoms with E-state index >= 15 is 0 Å². The van der Waals surface area contributed by atoms with Crippen LogP contribution in [-0.4, -0.2) is 53.2 Å². The van der Waals surface area contributed by atoms with Crippen molar-refractivity contribution in [3.8, 4) is 0 Å². The number of hydrogen-bond acceptors (Lipinski definition) is 7. The van der Waals surface area contributed by atoms with Gasteiger partial charge in [-0.25, -0.2) is 9.21 Å².